The molecule has 0 atom stereocenters. The third-order valence-corrected chi connectivity index (χ3v) is 3.57. The maximum atomic E-state index is 12.3. The predicted octanol–water partition coefficient (Wildman–Crippen LogP) is 4.54. The van der Waals surface area contributed by atoms with E-state index < -0.39 is 0 Å². The van der Waals surface area contributed by atoms with Crippen molar-refractivity contribution in [3.05, 3.63) is 63.1 Å². The topological polar surface area (TPSA) is 26.3 Å². The van der Waals surface area contributed by atoms with E-state index in [1.807, 2.05) is 13.0 Å². The predicted molar refractivity (Wildman–Crippen MR) is 77.6 cm³/mol. The number of rotatable bonds is 3. The van der Waals surface area contributed by atoms with Crippen molar-refractivity contribution in [1.29, 1.82) is 0 Å². The second-order valence-corrected chi connectivity index (χ2v) is 4.96. The summed E-state index contributed by atoms with van der Waals surface area (Å²) >= 11 is 12.0. The van der Waals surface area contributed by atoms with E-state index in [2.05, 4.69) is 0 Å². The minimum atomic E-state index is -0.114. The number of ether oxygens (including phenoxy) is 1. The number of benzene rings is 2. The summed E-state index contributed by atoms with van der Waals surface area (Å²) in [6.45, 7) is 1.89. The molecule has 0 heterocycles. The van der Waals surface area contributed by atoms with Crippen molar-refractivity contribution in [2.45, 2.75) is 6.92 Å². The van der Waals surface area contributed by atoms with Crippen LogP contribution in [0.2, 0.25) is 10.0 Å². The monoisotopic (exact) mass is 294 g/mol. The molecule has 0 aliphatic carbocycles. The van der Waals surface area contributed by atoms with Crippen molar-refractivity contribution in [1.82, 2.24) is 0 Å². The van der Waals surface area contributed by atoms with Gasteiger partial charge in [-0.2, -0.15) is 0 Å². The number of hydrogen-bond donors (Lipinski definition) is 0. The van der Waals surface area contributed by atoms with Gasteiger partial charge in [0.2, 0.25) is 0 Å². The first kappa shape index (κ1) is 13.9. The van der Waals surface area contributed by atoms with Crippen LogP contribution < -0.4 is 4.74 Å². The zero-order chi connectivity index (χ0) is 14.0. The highest BCUT2D eigenvalue weighted by Crippen LogP contribution is 2.27. The van der Waals surface area contributed by atoms with Crippen LogP contribution in [0, 0.1) is 6.92 Å². The number of aryl methyl sites for hydroxylation is 1. The highest BCUT2D eigenvalue weighted by atomic mass is 35.5. The number of carbonyl (C=O) groups excluding carboxylic acids is 1. The average molecular weight is 295 g/mol. The normalized spacial score (nSPS) is 10.3. The zero-order valence-electron chi connectivity index (χ0n) is 10.5. The van der Waals surface area contributed by atoms with Gasteiger partial charge in [-0.1, -0.05) is 35.3 Å². The molecule has 0 aromatic heterocycles. The van der Waals surface area contributed by atoms with Gasteiger partial charge in [0.15, 0.2) is 5.78 Å². The van der Waals surface area contributed by atoms with Crippen LogP contribution in [-0.4, -0.2) is 12.9 Å². The van der Waals surface area contributed by atoms with Crippen LogP contribution in [0.1, 0.15) is 21.5 Å². The van der Waals surface area contributed by atoms with Gasteiger partial charge in [-0.15, -0.1) is 0 Å². The smallest absolute Gasteiger partial charge is 0.193 e. The van der Waals surface area contributed by atoms with Crippen LogP contribution in [0.15, 0.2) is 36.4 Å². The molecule has 0 amide bonds. The summed E-state index contributed by atoms with van der Waals surface area (Å²) in [5.41, 5.74) is 1.99. The first-order valence-electron chi connectivity index (χ1n) is 5.67. The lowest BCUT2D eigenvalue weighted by atomic mass is 10.0. The third kappa shape index (κ3) is 2.91. The van der Waals surface area contributed by atoms with E-state index in [1.165, 1.54) is 7.11 Å². The number of methoxy groups -OCH3 is 1. The van der Waals surface area contributed by atoms with Gasteiger partial charge in [0, 0.05) is 16.1 Å². The average Bonchev–Trinajstić information content (AvgIpc) is 2.41. The number of ketones is 1. The van der Waals surface area contributed by atoms with Crippen molar-refractivity contribution in [3.63, 3.8) is 0 Å². The Bertz CT molecular complexity index is 636. The second-order valence-electron chi connectivity index (χ2n) is 4.14. The lowest BCUT2D eigenvalue weighted by molar-refractivity contribution is 0.103. The van der Waals surface area contributed by atoms with Gasteiger partial charge >= 0.3 is 0 Å². The van der Waals surface area contributed by atoms with Crippen molar-refractivity contribution >= 4 is 29.0 Å². The Kier molecular flexibility index (Phi) is 4.13. The van der Waals surface area contributed by atoms with E-state index in [0.717, 1.165) is 5.56 Å². The molecule has 98 valence electrons. The largest absolute Gasteiger partial charge is 0.495 e. The van der Waals surface area contributed by atoms with Gasteiger partial charge in [-0.3, -0.25) is 4.79 Å². The molecule has 2 aromatic rings. The summed E-state index contributed by atoms with van der Waals surface area (Å²) in [5.74, 6) is 0.364. The van der Waals surface area contributed by atoms with E-state index in [-0.39, 0.29) is 5.78 Å². The number of carbonyl (C=O) groups is 1. The molecule has 0 N–H and O–H groups in total. The Morgan fingerprint density at radius 1 is 1.00 bits per heavy atom. The van der Waals surface area contributed by atoms with E-state index in [0.29, 0.717) is 26.9 Å². The fraction of sp³-hybridized carbons (Fsp3) is 0.133. The van der Waals surface area contributed by atoms with Crippen LogP contribution in [0.3, 0.4) is 0 Å². The third-order valence-electron chi connectivity index (χ3n) is 2.85. The first-order valence-corrected chi connectivity index (χ1v) is 6.43. The standard InChI is InChI=1S/C15H12Cl2O2/c1-9-3-4-10(7-13(9)17)15(18)11-5-6-12(16)14(8-11)19-2/h3-8H,1-2H3. The van der Waals surface area contributed by atoms with Gasteiger partial charge < -0.3 is 4.74 Å². The maximum absolute atomic E-state index is 12.3. The fourth-order valence-corrected chi connectivity index (χ4v) is 2.08. The van der Waals surface area contributed by atoms with E-state index in [1.54, 1.807) is 30.3 Å². The molecule has 0 fully saturated rings. The molecule has 0 unspecified atom stereocenters. The van der Waals surface area contributed by atoms with Gasteiger partial charge in [-0.05, 0) is 36.8 Å². The molecule has 0 aliphatic heterocycles. The molecule has 4 heteroatoms. The van der Waals surface area contributed by atoms with Crippen LogP contribution in [-0.2, 0) is 0 Å². The molecule has 19 heavy (non-hydrogen) atoms. The molecule has 0 saturated carbocycles. The summed E-state index contributed by atoms with van der Waals surface area (Å²) in [5, 5.41) is 1.05. The Morgan fingerprint density at radius 3 is 2.26 bits per heavy atom. The summed E-state index contributed by atoms with van der Waals surface area (Å²) in [6.07, 6.45) is 0. The van der Waals surface area contributed by atoms with Gasteiger partial charge in [0.25, 0.3) is 0 Å². The number of hydrogen-bond acceptors (Lipinski definition) is 2. The molecule has 0 radical (unpaired) electrons. The lowest BCUT2D eigenvalue weighted by Gasteiger charge is -2.07. The van der Waals surface area contributed by atoms with E-state index in [4.69, 9.17) is 27.9 Å². The Morgan fingerprint density at radius 2 is 1.63 bits per heavy atom. The zero-order valence-corrected chi connectivity index (χ0v) is 12.0. The summed E-state index contributed by atoms with van der Waals surface area (Å²) in [6, 6.07) is 10.2. The molecular formula is C15H12Cl2O2. The van der Waals surface area contributed by atoms with Crippen molar-refractivity contribution < 1.29 is 9.53 Å². The van der Waals surface area contributed by atoms with Gasteiger partial charge in [0.05, 0.1) is 12.1 Å². The maximum Gasteiger partial charge on any atom is 0.193 e. The first-order chi connectivity index (χ1) is 9.02. The van der Waals surface area contributed by atoms with E-state index in [9.17, 15) is 4.79 Å². The molecular weight excluding hydrogens is 283 g/mol. The van der Waals surface area contributed by atoms with Crippen molar-refractivity contribution in [2.24, 2.45) is 0 Å². The molecule has 0 spiro atoms. The molecule has 2 rings (SSSR count). The van der Waals surface area contributed by atoms with Crippen molar-refractivity contribution in [2.75, 3.05) is 7.11 Å². The lowest BCUT2D eigenvalue weighted by Crippen LogP contribution is -2.02. The van der Waals surface area contributed by atoms with Crippen molar-refractivity contribution in [3.8, 4) is 5.75 Å². The SMILES string of the molecule is COc1cc(C(=O)c2ccc(C)c(Cl)c2)ccc1Cl. The van der Waals surface area contributed by atoms with Crippen LogP contribution >= 0.6 is 23.2 Å². The molecule has 2 aromatic carbocycles. The highest BCUT2D eigenvalue weighted by Gasteiger charge is 2.12. The molecule has 2 nitrogen and oxygen atoms in total. The molecule has 0 aliphatic rings. The summed E-state index contributed by atoms with van der Waals surface area (Å²) < 4.78 is 5.10. The Hall–Kier alpha value is -1.51. The number of halogens is 2. The van der Waals surface area contributed by atoms with Crippen LogP contribution in [0.25, 0.3) is 0 Å². The van der Waals surface area contributed by atoms with Crippen LogP contribution in [0.4, 0.5) is 0 Å². The minimum absolute atomic E-state index is 0.114. The van der Waals surface area contributed by atoms with Crippen LogP contribution in [0.5, 0.6) is 5.75 Å². The highest BCUT2D eigenvalue weighted by molar-refractivity contribution is 6.32. The molecule has 0 saturated heterocycles. The van der Waals surface area contributed by atoms with Gasteiger partial charge in [-0.25, -0.2) is 0 Å². The fourth-order valence-electron chi connectivity index (χ4n) is 1.70. The minimum Gasteiger partial charge on any atom is -0.495 e. The quantitative estimate of drug-likeness (QED) is 0.777. The Balaban J connectivity index is 2.41. The summed E-state index contributed by atoms with van der Waals surface area (Å²) in [4.78, 5) is 12.3. The van der Waals surface area contributed by atoms with E-state index >= 15 is 0 Å². The summed E-state index contributed by atoms with van der Waals surface area (Å²) in [7, 11) is 1.51. The molecule has 0 bridgehead atoms. The second kappa shape index (κ2) is 5.64. The Labute approximate surface area is 121 Å². The van der Waals surface area contributed by atoms with Gasteiger partial charge in [0.1, 0.15) is 5.75 Å².